The van der Waals surface area contributed by atoms with Crippen LogP contribution in [0.5, 0.6) is 5.75 Å². The Morgan fingerprint density at radius 1 is 1.24 bits per heavy atom. The van der Waals surface area contributed by atoms with E-state index in [1.807, 2.05) is 30.5 Å². The number of carboxylic acid groups (broad SMARTS) is 1. The molecule has 5 rings (SSSR count). The molecule has 0 spiro atoms. The third-order valence-electron chi connectivity index (χ3n) is 5.80. The second kappa shape index (κ2) is 8.47. The normalized spacial score (nSPS) is 17.5. The van der Waals surface area contributed by atoms with Crippen molar-refractivity contribution in [1.29, 1.82) is 0 Å². The first-order valence-corrected chi connectivity index (χ1v) is 10.9. The van der Waals surface area contributed by atoms with E-state index in [1.54, 1.807) is 17.6 Å². The zero-order chi connectivity index (χ0) is 22.9. The zero-order valence-corrected chi connectivity index (χ0v) is 18.1. The van der Waals surface area contributed by atoms with Crippen LogP contribution in [0.1, 0.15) is 31.9 Å². The molecule has 0 radical (unpaired) electrons. The number of nitrogens with zero attached hydrogens (tertiary/aromatic N) is 4. The van der Waals surface area contributed by atoms with Gasteiger partial charge in [0.15, 0.2) is 5.82 Å². The van der Waals surface area contributed by atoms with E-state index >= 15 is 0 Å². The van der Waals surface area contributed by atoms with Gasteiger partial charge < -0.3 is 20.1 Å². The summed E-state index contributed by atoms with van der Waals surface area (Å²) < 4.78 is 7.89. The number of ether oxygens (including phenoxy) is 1. The summed E-state index contributed by atoms with van der Waals surface area (Å²) in [7, 11) is 0. The van der Waals surface area contributed by atoms with E-state index < -0.39 is 6.09 Å². The summed E-state index contributed by atoms with van der Waals surface area (Å²) in [4.78, 5) is 29.1. The number of amides is 2. The number of likely N-dealkylation sites (tertiary alicyclic amines) is 1. The largest absolute Gasteiger partial charge is 0.486 e. The van der Waals surface area contributed by atoms with Crippen LogP contribution in [0.3, 0.4) is 0 Å². The molecule has 9 nitrogen and oxygen atoms in total. The van der Waals surface area contributed by atoms with Crippen LogP contribution in [0.25, 0.3) is 16.6 Å². The Balaban J connectivity index is 1.45. The van der Waals surface area contributed by atoms with Crippen molar-refractivity contribution in [2.24, 2.45) is 5.92 Å². The van der Waals surface area contributed by atoms with Gasteiger partial charge in [-0.1, -0.05) is 5.92 Å². The van der Waals surface area contributed by atoms with Gasteiger partial charge in [-0.05, 0) is 49.4 Å². The number of hydrogen-bond acceptors (Lipinski definition) is 5. The summed E-state index contributed by atoms with van der Waals surface area (Å²) in [5.41, 5.74) is 3.13. The maximum Gasteiger partial charge on any atom is 0.407 e. The molecule has 3 aromatic rings. The van der Waals surface area contributed by atoms with E-state index in [0.717, 1.165) is 29.5 Å². The summed E-state index contributed by atoms with van der Waals surface area (Å²) >= 11 is 0. The molecule has 0 aromatic carbocycles. The molecule has 168 valence electrons. The zero-order valence-electron chi connectivity index (χ0n) is 18.1. The molecule has 0 bridgehead atoms. The molecule has 4 heterocycles. The minimum absolute atomic E-state index is 0.0122. The predicted molar refractivity (Wildman–Crippen MR) is 121 cm³/mol. The third kappa shape index (κ3) is 4.46. The van der Waals surface area contributed by atoms with E-state index in [4.69, 9.17) is 4.74 Å². The van der Waals surface area contributed by atoms with E-state index in [1.165, 1.54) is 4.90 Å². The number of anilines is 1. The van der Waals surface area contributed by atoms with Crippen LogP contribution >= 0.6 is 0 Å². The first-order chi connectivity index (χ1) is 16.0. The lowest BCUT2D eigenvalue weighted by Gasteiger charge is -2.17. The summed E-state index contributed by atoms with van der Waals surface area (Å²) in [5.74, 6) is 7.04. The second-order valence-electron chi connectivity index (χ2n) is 8.28. The molecule has 2 aliphatic rings. The van der Waals surface area contributed by atoms with Crippen LogP contribution in [-0.4, -0.2) is 55.8 Å². The van der Waals surface area contributed by atoms with Crippen molar-refractivity contribution in [3.8, 4) is 28.7 Å². The van der Waals surface area contributed by atoms with Gasteiger partial charge in [0.1, 0.15) is 17.5 Å². The lowest BCUT2D eigenvalue weighted by Crippen LogP contribution is -2.29. The molecule has 2 fully saturated rings. The summed E-state index contributed by atoms with van der Waals surface area (Å²) in [6.07, 6.45) is 4.77. The Bertz CT molecular complexity index is 1300. The van der Waals surface area contributed by atoms with Crippen molar-refractivity contribution in [1.82, 2.24) is 19.5 Å². The molecular weight excluding hydrogens is 422 g/mol. The quantitative estimate of drug-likeness (QED) is 0.584. The number of hydrogen-bond donors (Lipinski definition) is 2. The van der Waals surface area contributed by atoms with Gasteiger partial charge in [-0.2, -0.15) is 5.10 Å². The SMILES string of the molecule is CC#Cc1cc(-c2ccn3nc(NC(=O)C4CC4)cc3c2)c(OC2CCN(C(=O)O)C2)cn1. The maximum absolute atomic E-state index is 12.1. The number of aromatic nitrogens is 3. The summed E-state index contributed by atoms with van der Waals surface area (Å²) in [6, 6.07) is 7.58. The number of carbonyl (C=O) groups is 2. The average molecular weight is 445 g/mol. The topological polar surface area (TPSA) is 109 Å². The van der Waals surface area contributed by atoms with Crippen LogP contribution in [-0.2, 0) is 4.79 Å². The van der Waals surface area contributed by atoms with Gasteiger partial charge in [-0.3, -0.25) is 4.79 Å². The minimum atomic E-state index is -0.941. The van der Waals surface area contributed by atoms with Crippen molar-refractivity contribution in [3.63, 3.8) is 0 Å². The third-order valence-corrected chi connectivity index (χ3v) is 5.80. The molecule has 1 aliphatic heterocycles. The molecule has 1 saturated heterocycles. The van der Waals surface area contributed by atoms with Crippen LogP contribution in [0.15, 0.2) is 36.7 Å². The number of fused-ring (bicyclic) bond motifs is 1. The molecule has 2 N–H and O–H groups in total. The van der Waals surface area contributed by atoms with E-state index in [2.05, 4.69) is 27.2 Å². The van der Waals surface area contributed by atoms with Gasteiger partial charge >= 0.3 is 6.09 Å². The van der Waals surface area contributed by atoms with Crippen molar-refractivity contribution in [2.45, 2.75) is 32.3 Å². The first kappa shape index (κ1) is 20.8. The first-order valence-electron chi connectivity index (χ1n) is 10.9. The van der Waals surface area contributed by atoms with Gasteiger partial charge in [0.25, 0.3) is 0 Å². The van der Waals surface area contributed by atoms with Crippen LogP contribution in [0, 0.1) is 17.8 Å². The van der Waals surface area contributed by atoms with E-state index in [-0.39, 0.29) is 17.9 Å². The highest BCUT2D eigenvalue weighted by atomic mass is 16.5. The number of nitrogens with one attached hydrogen (secondary N) is 1. The number of pyridine rings is 2. The fourth-order valence-corrected chi connectivity index (χ4v) is 3.93. The molecule has 33 heavy (non-hydrogen) atoms. The van der Waals surface area contributed by atoms with Crippen LogP contribution in [0.2, 0.25) is 0 Å². The molecule has 1 unspecified atom stereocenters. The van der Waals surface area contributed by atoms with E-state index in [9.17, 15) is 14.7 Å². The minimum Gasteiger partial charge on any atom is -0.486 e. The number of rotatable bonds is 5. The monoisotopic (exact) mass is 445 g/mol. The lowest BCUT2D eigenvalue weighted by atomic mass is 10.1. The van der Waals surface area contributed by atoms with Crippen LogP contribution in [0.4, 0.5) is 10.6 Å². The predicted octanol–water partition coefficient (Wildman–Crippen LogP) is 3.25. The van der Waals surface area contributed by atoms with Gasteiger partial charge in [-0.25, -0.2) is 14.3 Å². The van der Waals surface area contributed by atoms with Gasteiger partial charge in [0.2, 0.25) is 5.91 Å². The molecule has 3 aromatic heterocycles. The summed E-state index contributed by atoms with van der Waals surface area (Å²) in [5, 5.41) is 16.5. The van der Waals surface area contributed by atoms with Crippen molar-refractivity contribution in [3.05, 3.63) is 42.4 Å². The van der Waals surface area contributed by atoms with E-state index in [0.29, 0.717) is 36.8 Å². The van der Waals surface area contributed by atoms with Crippen molar-refractivity contribution < 1.29 is 19.4 Å². The Labute approximate surface area is 190 Å². The van der Waals surface area contributed by atoms with Crippen molar-refractivity contribution >= 4 is 23.3 Å². The summed E-state index contributed by atoms with van der Waals surface area (Å²) in [6.45, 7) is 2.51. The highest BCUT2D eigenvalue weighted by Gasteiger charge is 2.30. The van der Waals surface area contributed by atoms with Gasteiger partial charge in [-0.15, -0.1) is 0 Å². The maximum atomic E-state index is 12.1. The smallest absolute Gasteiger partial charge is 0.407 e. The highest BCUT2D eigenvalue weighted by molar-refractivity contribution is 5.93. The molecule has 2 amide bonds. The Morgan fingerprint density at radius 2 is 2.09 bits per heavy atom. The fourth-order valence-electron chi connectivity index (χ4n) is 3.93. The standard InChI is InChI=1S/C24H23N5O4/c1-2-3-17-11-20(21(13-25-17)33-19-7-8-28(14-19)24(31)32)16-6-9-29-18(10-16)12-22(27-29)26-23(30)15-4-5-15/h6,9-13,15,19H,4-5,7-8,14H2,1H3,(H,31,32)(H,26,27,30). The molecule has 1 atom stereocenters. The Hall–Kier alpha value is -4.06. The average Bonchev–Trinajstić information content (AvgIpc) is 3.41. The highest BCUT2D eigenvalue weighted by Crippen LogP contribution is 2.33. The number of carbonyl (C=O) groups excluding carboxylic acids is 1. The van der Waals surface area contributed by atoms with Gasteiger partial charge in [0, 0.05) is 36.7 Å². The Morgan fingerprint density at radius 3 is 2.82 bits per heavy atom. The molecular formula is C24H23N5O4. The lowest BCUT2D eigenvalue weighted by molar-refractivity contribution is -0.117. The molecule has 1 saturated carbocycles. The molecule has 1 aliphatic carbocycles. The molecule has 9 heteroatoms. The second-order valence-corrected chi connectivity index (χ2v) is 8.28. The van der Waals surface area contributed by atoms with Gasteiger partial charge in [0.05, 0.1) is 18.3 Å². The fraction of sp³-hybridized carbons (Fsp3) is 0.333. The van der Waals surface area contributed by atoms with Crippen LogP contribution < -0.4 is 10.1 Å². The Kier molecular flexibility index (Phi) is 5.34. The van der Waals surface area contributed by atoms with Crippen molar-refractivity contribution in [2.75, 3.05) is 18.4 Å².